The zero-order valence-electron chi connectivity index (χ0n) is 10.8. The van der Waals surface area contributed by atoms with Gasteiger partial charge in [0.25, 0.3) is 0 Å². The summed E-state index contributed by atoms with van der Waals surface area (Å²) >= 11 is 0. The number of oxazole rings is 1. The van der Waals surface area contributed by atoms with Crippen molar-refractivity contribution in [2.75, 3.05) is 7.05 Å². The van der Waals surface area contributed by atoms with E-state index in [0.29, 0.717) is 11.1 Å². The molecular formula is C12H16N4O3. The fourth-order valence-corrected chi connectivity index (χ4v) is 1.83. The van der Waals surface area contributed by atoms with E-state index in [1.807, 2.05) is 0 Å². The van der Waals surface area contributed by atoms with Crippen LogP contribution in [0.2, 0.25) is 0 Å². The zero-order chi connectivity index (χ0) is 14.2. The van der Waals surface area contributed by atoms with E-state index < -0.39 is 11.8 Å². The van der Waals surface area contributed by atoms with Crippen LogP contribution in [0.3, 0.4) is 0 Å². The van der Waals surface area contributed by atoms with Crippen LogP contribution in [0.15, 0.2) is 27.4 Å². The molecule has 1 unspecified atom stereocenters. The molecule has 1 heterocycles. The van der Waals surface area contributed by atoms with E-state index in [4.69, 9.17) is 16.0 Å². The Kier molecular flexibility index (Phi) is 3.41. The fourth-order valence-electron chi connectivity index (χ4n) is 1.83. The van der Waals surface area contributed by atoms with Gasteiger partial charge in [0, 0.05) is 26.6 Å². The van der Waals surface area contributed by atoms with Gasteiger partial charge in [-0.3, -0.25) is 14.4 Å². The first-order chi connectivity index (χ1) is 8.90. The SMILES string of the molecule is CN(N)C(=O)CC(N)c1ccc2c(c1)oc(=O)n2C. The summed E-state index contributed by atoms with van der Waals surface area (Å²) in [5, 5.41) is 1.00. The number of hydrazine groups is 1. The highest BCUT2D eigenvalue weighted by atomic mass is 16.4. The minimum absolute atomic E-state index is 0.0928. The molecule has 0 aliphatic heterocycles. The van der Waals surface area contributed by atoms with E-state index >= 15 is 0 Å². The van der Waals surface area contributed by atoms with Gasteiger partial charge in [-0.2, -0.15) is 0 Å². The molecule has 1 amide bonds. The highest BCUT2D eigenvalue weighted by Crippen LogP contribution is 2.20. The number of rotatable bonds is 3. The van der Waals surface area contributed by atoms with Gasteiger partial charge in [0.15, 0.2) is 5.58 Å². The Morgan fingerprint density at radius 1 is 1.53 bits per heavy atom. The van der Waals surface area contributed by atoms with Crippen molar-refractivity contribution in [1.29, 1.82) is 0 Å². The van der Waals surface area contributed by atoms with Gasteiger partial charge in [-0.15, -0.1) is 0 Å². The van der Waals surface area contributed by atoms with Crippen molar-refractivity contribution in [2.45, 2.75) is 12.5 Å². The number of nitrogens with two attached hydrogens (primary N) is 2. The lowest BCUT2D eigenvalue weighted by atomic mass is 10.0. The number of hydrogen-bond acceptors (Lipinski definition) is 5. The number of fused-ring (bicyclic) bond motifs is 1. The molecule has 0 saturated carbocycles. The summed E-state index contributed by atoms with van der Waals surface area (Å²) in [5.41, 5.74) is 7.80. The maximum atomic E-state index is 11.5. The maximum absolute atomic E-state index is 11.5. The first-order valence-electron chi connectivity index (χ1n) is 5.76. The number of carbonyl (C=O) groups is 1. The van der Waals surface area contributed by atoms with Crippen LogP contribution < -0.4 is 17.3 Å². The van der Waals surface area contributed by atoms with E-state index in [9.17, 15) is 9.59 Å². The molecule has 7 heteroatoms. The van der Waals surface area contributed by atoms with E-state index in [1.165, 1.54) is 11.6 Å². The third-order valence-corrected chi connectivity index (χ3v) is 3.03. The van der Waals surface area contributed by atoms with Crippen LogP contribution in [0, 0.1) is 0 Å². The Hall–Kier alpha value is -2.12. The third kappa shape index (κ3) is 2.51. The number of aryl methyl sites for hydroxylation is 1. The molecule has 2 rings (SSSR count). The van der Waals surface area contributed by atoms with E-state index in [1.54, 1.807) is 25.2 Å². The molecule has 1 aromatic carbocycles. The Balaban J connectivity index is 2.31. The van der Waals surface area contributed by atoms with Crippen LogP contribution in [0.1, 0.15) is 18.0 Å². The van der Waals surface area contributed by atoms with Gasteiger partial charge in [0.05, 0.1) is 5.52 Å². The van der Waals surface area contributed by atoms with Crippen LogP contribution in [0.4, 0.5) is 0 Å². The second-order valence-electron chi connectivity index (χ2n) is 4.47. The summed E-state index contributed by atoms with van der Waals surface area (Å²) < 4.78 is 6.48. The Bertz CT molecular complexity index is 671. The average Bonchev–Trinajstić information content (AvgIpc) is 2.64. The first kappa shape index (κ1) is 13.3. The summed E-state index contributed by atoms with van der Waals surface area (Å²) in [6, 6.07) is 4.69. The molecule has 0 fully saturated rings. The summed E-state index contributed by atoms with van der Waals surface area (Å²) in [4.78, 5) is 22.9. The van der Waals surface area contributed by atoms with Gasteiger partial charge in [-0.25, -0.2) is 10.6 Å². The van der Waals surface area contributed by atoms with Crippen molar-refractivity contribution in [2.24, 2.45) is 18.6 Å². The molecule has 7 nitrogen and oxygen atoms in total. The predicted molar refractivity (Wildman–Crippen MR) is 70.0 cm³/mol. The molecule has 1 atom stereocenters. The maximum Gasteiger partial charge on any atom is 0.419 e. The van der Waals surface area contributed by atoms with Gasteiger partial charge < -0.3 is 10.2 Å². The van der Waals surface area contributed by atoms with E-state index in [2.05, 4.69) is 0 Å². The Morgan fingerprint density at radius 3 is 2.84 bits per heavy atom. The molecule has 0 aliphatic rings. The Morgan fingerprint density at radius 2 is 2.21 bits per heavy atom. The number of nitrogens with zero attached hydrogens (tertiary/aromatic N) is 2. The zero-order valence-corrected chi connectivity index (χ0v) is 10.8. The van der Waals surface area contributed by atoms with Crippen molar-refractivity contribution >= 4 is 17.0 Å². The molecule has 2 aromatic rings. The fraction of sp³-hybridized carbons (Fsp3) is 0.333. The first-order valence-corrected chi connectivity index (χ1v) is 5.76. The van der Waals surface area contributed by atoms with Crippen LogP contribution in [0.25, 0.3) is 11.1 Å². The molecule has 0 aliphatic carbocycles. The van der Waals surface area contributed by atoms with Gasteiger partial charge in [0.2, 0.25) is 5.91 Å². The number of aromatic nitrogens is 1. The lowest BCUT2D eigenvalue weighted by molar-refractivity contribution is -0.130. The second-order valence-corrected chi connectivity index (χ2v) is 4.47. The van der Waals surface area contributed by atoms with Crippen molar-refractivity contribution in [3.05, 3.63) is 34.3 Å². The molecule has 19 heavy (non-hydrogen) atoms. The van der Waals surface area contributed by atoms with Crippen LogP contribution in [0.5, 0.6) is 0 Å². The largest absolute Gasteiger partial charge is 0.419 e. The molecular weight excluding hydrogens is 248 g/mol. The van der Waals surface area contributed by atoms with Crippen molar-refractivity contribution < 1.29 is 9.21 Å². The summed E-state index contributed by atoms with van der Waals surface area (Å²) in [5.74, 6) is 4.65. The molecule has 0 bridgehead atoms. The number of carbonyl (C=O) groups excluding carboxylic acids is 1. The number of benzene rings is 1. The lowest BCUT2D eigenvalue weighted by Gasteiger charge is -2.15. The quantitative estimate of drug-likeness (QED) is 0.455. The monoisotopic (exact) mass is 264 g/mol. The van der Waals surface area contributed by atoms with Gasteiger partial charge in [-0.1, -0.05) is 6.07 Å². The summed E-state index contributed by atoms with van der Waals surface area (Å²) in [6.07, 6.45) is 0.0928. The van der Waals surface area contributed by atoms with Crippen molar-refractivity contribution in [3.8, 4) is 0 Å². The molecule has 0 radical (unpaired) electrons. The highest BCUT2D eigenvalue weighted by Gasteiger charge is 2.15. The normalized spacial score (nSPS) is 12.6. The van der Waals surface area contributed by atoms with Gasteiger partial charge in [0.1, 0.15) is 0 Å². The summed E-state index contributed by atoms with van der Waals surface area (Å²) in [7, 11) is 3.09. The predicted octanol–water partition coefficient (Wildman–Crippen LogP) is -0.146. The standard InChI is InChI=1S/C12H16N4O3/c1-15-9-4-3-7(5-10(9)19-12(15)18)8(13)6-11(17)16(2)14/h3-5,8H,6,13-14H2,1-2H3. The topological polar surface area (TPSA) is 107 Å². The van der Waals surface area contributed by atoms with Crippen LogP contribution >= 0.6 is 0 Å². The van der Waals surface area contributed by atoms with Crippen molar-refractivity contribution in [1.82, 2.24) is 9.58 Å². The molecule has 4 N–H and O–H groups in total. The molecule has 1 aromatic heterocycles. The lowest BCUT2D eigenvalue weighted by Crippen LogP contribution is -2.35. The van der Waals surface area contributed by atoms with Gasteiger partial charge >= 0.3 is 5.76 Å². The third-order valence-electron chi connectivity index (χ3n) is 3.03. The number of hydrogen-bond donors (Lipinski definition) is 2. The minimum atomic E-state index is -0.492. The van der Waals surface area contributed by atoms with Gasteiger partial charge in [-0.05, 0) is 17.7 Å². The van der Waals surface area contributed by atoms with Crippen LogP contribution in [-0.2, 0) is 11.8 Å². The second kappa shape index (κ2) is 4.87. The molecule has 0 spiro atoms. The van der Waals surface area contributed by atoms with Crippen molar-refractivity contribution in [3.63, 3.8) is 0 Å². The summed E-state index contributed by atoms with van der Waals surface area (Å²) in [6.45, 7) is 0. The minimum Gasteiger partial charge on any atom is -0.408 e. The van der Waals surface area contributed by atoms with Crippen LogP contribution in [-0.4, -0.2) is 22.5 Å². The Labute approximate surface area is 109 Å². The highest BCUT2D eigenvalue weighted by molar-refractivity contribution is 5.77. The van der Waals surface area contributed by atoms with E-state index in [0.717, 1.165) is 10.6 Å². The molecule has 0 saturated heterocycles. The number of amides is 1. The van der Waals surface area contributed by atoms with E-state index in [-0.39, 0.29) is 12.3 Å². The average molecular weight is 264 g/mol. The molecule has 102 valence electrons. The smallest absolute Gasteiger partial charge is 0.408 e.